The molecule has 1 fully saturated rings. The van der Waals surface area contributed by atoms with Crippen LogP contribution in [-0.2, 0) is 22.5 Å². The van der Waals surface area contributed by atoms with Gasteiger partial charge < -0.3 is 19.3 Å². The van der Waals surface area contributed by atoms with Gasteiger partial charge in [0.15, 0.2) is 0 Å². The number of piperidine rings is 1. The fraction of sp³-hybridized carbons (Fsp3) is 0.750. The van der Waals surface area contributed by atoms with Crippen molar-refractivity contribution in [1.29, 1.82) is 0 Å². The number of hydrogen-bond acceptors (Lipinski definition) is 4. The number of aliphatic hydroxyl groups excluding tert-OH is 1. The number of aliphatic hydroxyl groups is 1. The van der Waals surface area contributed by atoms with E-state index < -0.39 is 0 Å². The average Bonchev–Trinajstić information content (AvgIpc) is 3.00. The maximum absolute atomic E-state index is 12.6. The number of aryl methyl sites for hydroxylation is 1. The summed E-state index contributed by atoms with van der Waals surface area (Å²) in [6.45, 7) is 4.46. The molecular formula is C16H27N3O3. The highest BCUT2D eigenvalue weighted by Gasteiger charge is 2.36. The molecule has 1 atom stereocenters. The minimum absolute atomic E-state index is 0.0997. The molecule has 0 unspecified atom stereocenters. The van der Waals surface area contributed by atoms with Gasteiger partial charge in [-0.25, -0.2) is 4.98 Å². The van der Waals surface area contributed by atoms with Crippen molar-refractivity contribution in [2.24, 2.45) is 5.41 Å². The smallest absolute Gasteiger partial charge is 0.242 e. The van der Waals surface area contributed by atoms with Gasteiger partial charge >= 0.3 is 0 Å². The van der Waals surface area contributed by atoms with Gasteiger partial charge in [-0.05, 0) is 19.3 Å². The molecule has 124 valence electrons. The average molecular weight is 309 g/mol. The summed E-state index contributed by atoms with van der Waals surface area (Å²) in [5, 5.41) is 9.80. The molecule has 1 aliphatic rings. The maximum atomic E-state index is 12.6. The first kappa shape index (κ1) is 17.0. The van der Waals surface area contributed by atoms with Gasteiger partial charge in [0.25, 0.3) is 0 Å². The zero-order valence-corrected chi connectivity index (χ0v) is 13.6. The van der Waals surface area contributed by atoms with Gasteiger partial charge in [0, 0.05) is 51.0 Å². The molecule has 0 aliphatic carbocycles. The van der Waals surface area contributed by atoms with E-state index in [1.807, 2.05) is 22.6 Å². The van der Waals surface area contributed by atoms with E-state index in [1.165, 1.54) is 0 Å². The van der Waals surface area contributed by atoms with Crippen LogP contribution in [0.2, 0.25) is 0 Å². The van der Waals surface area contributed by atoms with E-state index >= 15 is 0 Å². The van der Waals surface area contributed by atoms with E-state index in [2.05, 4.69) is 4.98 Å². The molecule has 1 N–H and O–H groups in total. The molecule has 0 spiro atoms. The lowest BCUT2D eigenvalue weighted by Crippen LogP contribution is -2.49. The number of aromatic nitrogens is 2. The molecule has 1 saturated heterocycles. The molecule has 0 radical (unpaired) electrons. The topological polar surface area (TPSA) is 67.6 Å². The van der Waals surface area contributed by atoms with Gasteiger partial charge in [-0.15, -0.1) is 0 Å². The van der Waals surface area contributed by atoms with Crippen LogP contribution < -0.4 is 0 Å². The van der Waals surface area contributed by atoms with Crippen molar-refractivity contribution in [1.82, 2.24) is 14.5 Å². The molecule has 6 nitrogen and oxygen atoms in total. The summed E-state index contributed by atoms with van der Waals surface area (Å²) in [6.07, 6.45) is 7.07. The van der Waals surface area contributed by atoms with Crippen molar-refractivity contribution in [3.63, 3.8) is 0 Å². The molecule has 0 saturated carbocycles. The Morgan fingerprint density at radius 1 is 1.55 bits per heavy atom. The van der Waals surface area contributed by atoms with Gasteiger partial charge in [-0.3, -0.25) is 4.79 Å². The lowest BCUT2D eigenvalue weighted by atomic mass is 9.78. The second kappa shape index (κ2) is 7.74. The fourth-order valence-electron chi connectivity index (χ4n) is 3.20. The normalized spacial score (nSPS) is 22.0. The Bertz CT molecular complexity index is 489. The zero-order valence-electron chi connectivity index (χ0n) is 13.6. The molecule has 0 bridgehead atoms. The van der Waals surface area contributed by atoms with E-state index in [-0.39, 0.29) is 17.9 Å². The Balaban J connectivity index is 2.00. The number of imidazole rings is 1. The summed E-state index contributed by atoms with van der Waals surface area (Å²) in [4.78, 5) is 18.7. The maximum Gasteiger partial charge on any atom is 0.242 e. The highest BCUT2D eigenvalue weighted by atomic mass is 16.5. The van der Waals surface area contributed by atoms with Crippen LogP contribution in [0.5, 0.6) is 0 Å². The Morgan fingerprint density at radius 3 is 3.05 bits per heavy atom. The number of carbonyl (C=O) groups excluding carboxylic acids is 1. The zero-order chi connectivity index (χ0) is 16.0. The van der Waals surface area contributed by atoms with Crippen LogP contribution in [0.1, 0.15) is 32.0 Å². The van der Waals surface area contributed by atoms with E-state index in [9.17, 15) is 9.90 Å². The van der Waals surface area contributed by atoms with E-state index in [1.54, 1.807) is 13.3 Å². The van der Waals surface area contributed by atoms with Crippen LogP contribution >= 0.6 is 0 Å². The molecule has 6 heteroatoms. The van der Waals surface area contributed by atoms with E-state index in [0.29, 0.717) is 19.7 Å². The fourth-order valence-corrected chi connectivity index (χ4v) is 3.20. The first-order chi connectivity index (χ1) is 10.6. The highest BCUT2D eigenvalue weighted by Crippen LogP contribution is 2.33. The van der Waals surface area contributed by atoms with E-state index in [0.717, 1.165) is 38.1 Å². The number of amides is 1. The van der Waals surface area contributed by atoms with Crippen molar-refractivity contribution < 1.29 is 14.6 Å². The third-order valence-electron chi connectivity index (χ3n) is 4.61. The summed E-state index contributed by atoms with van der Waals surface area (Å²) in [7, 11) is 1.67. The van der Waals surface area contributed by atoms with Crippen LogP contribution in [0.25, 0.3) is 0 Å². The minimum Gasteiger partial charge on any atom is -0.396 e. The Labute approximate surface area is 132 Å². The largest absolute Gasteiger partial charge is 0.396 e. The van der Waals surface area contributed by atoms with Crippen molar-refractivity contribution in [2.75, 3.05) is 33.4 Å². The summed E-state index contributed by atoms with van der Waals surface area (Å²) < 4.78 is 7.07. The second-order valence-corrected chi connectivity index (χ2v) is 6.14. The van der Waals surface area contributed by atoms with Crippen LogP contribution in [0.3, 0.4) is 0 Å². The van der Waals surface area contributed by atoms with Gasteiger partial charge in [0.05, 0.1) is 6.61 Å². The summed E-state index contributed by atoms with van der Waals surface area (Å²) in [5.74, 6) is 1.03. The molecule has 0 aromatic carbocycles. The first-order valence-electron chi connectivity index (χ1n) is 8.01. The Hall–Kier alpha value is -1.40. The predicted octanol–water partition coefficient (Wildman–Crippen LogP) is 1.08. The molecule has 1 aromatic heterocycles. The van der Waals surface area contributed by atoms with Crippen molar-refractivity contribution >= 4 is 5.91 Å². The van der Waals surface area contributed by atoms with Crippen LogP contribution in [-0.4, -0.2) is 58.9 Å². The van der Waals surface area contributed by atoms with Crippen molar-refractivity contribution in [3.8, 4) is 0 Å². The molecule has 1 aromatic rings. The minimum atomic E-state index is -0.216. The van der Waals surface area contributed by atoms with Crippen molar-refractivity contribution in [3.05, 3.63) is 18.2 Å². The van der Waals surface area contributed by atoms with Crippen molar-refractivity contribution in [2.45, 2.75) is 39.2 Å². The first-order valence-corrected chi connectivity index (χ1v) is 8.01. The number of methoxy groups -OCH3 is 1. The number of hydrogen-bond donors (Lipinski definition) is 1. The third kappa shape index (κ3) is 3.87. The Kier molecular flexibility index (Phi) is 5.97. The Morgan fingerprint density at radius 2 is 2.36 bits per heavy atom. The van der Waals surface area contributed by atoms with Gasteiger partial charge in [-0.2, -0.15) is 0 Å². The predicted molar refractivity (Wildman–Crippen MR) is 83.4 cm³/mol. The highest BCUT2D eigenvalue weighted by molar-refractivity contribution is 5.76. The van der Waals surface area contributed by atoms with Gasteiger partial charge in [-0.1, -0.05) is 6.92 Å². The standard InChI is InChI=1S/C16H27N3O3/c1-3-14-17-7-9-18(14)11-15(21)19-8-4-5-16(12-19,13-20)6-10-22-2/h7,9,20H,3-6,8,10-13H2,1-2H3/t16-/m1/s1. The van der Waals surface area contributed by atoms with Gasteiger partial charge in [0.2, 0.25) is 5.91 Å². The molecule has 1 amide bonds. The summed E-state index contributed by atoms with van der Waals surface area (Å²) in [5.41, 5.74) is -0.216. The van der Waals surface area contributed by atoms with Crippen LogP contribution in [0.4, 0.5) is 0 Å². The van der Waals surface area contributed by atoms with Crippen LogP contribution in [0.15, 0.2) is 12.4 Å². The molecule has 2 heterocycles. The second-order valence-electron chi connectivity index (χ2n) is 6.14. The van der Waals surface area contributed by atoms with E-state index in [4.69, 9.17) is 4.74 Å². The monoisotopic (exact) mass is 309 g/mol. The lowest BCUT2D eigenvalue weighted by molar-refractivity contribution is -0.136. The molecule has 2 rings (SSSR count). The molecular weight excluding hydrogens is 282 g/mol. The quantitative estimate of drug-likeness (QED) is 0.818. The number of carbonyl (C=O) groups is 1. The molecule has 22 heavy (non-hydrogen) atoms. The SMILES string of the molecule is CCc1nccn1CC(=O)N1CCC[C@@](CO)(CCOC)C1. The summed E-state index contributed by atoms with van der Waals surface area (Å²) in [6, 6.07) is 0. The summed E-state index contributed by atoms with van der Waals surface area (Å²) >= 11 is 0. The number of likely N-dealkylation sites (tertiary alicyclic amines) is 1. The van der Waals surface area contributed by atoms with Crippen LogP contribution in [0, 0.1) is 5.41 Å². The number of ether oxygens (including phenoxy) is 1. The lowest BCUT2D eigenvalue weighted by Gasteiger charge is -2.42. The number of rotatable bonds is 7. The molecule has 1 aliphatic heterocycles. The number of nitrogens with zero attached hydrogens (tertiary/aromatic N) is 3. The third-order valence-corrected chi connectivity index (χ3v) is 4.61. The van der Waals surface area contributed by atoms with Gasteiger partial charge in [0.1, 0.15) is 12.4 Å².